The summed E-state index contributed by atoms with van der Waals surface area (Å²) in [4.78, 5) is 23.0. The van der Waals surface area contributed by atoms with Crippen LogP contribution in [0.3, 0.4) is 0 Å². The number of fused-ring (bicyclic) bond motifs is 3. The Kier molecular flexibility index (Phi) is 3.25. The summed E-state index contributed by atoms with van der Waals surface area (Å²) in [6.45, 7) is 0. The molecule has 0 spiro atoms. The zero-order valence-corrected chi connectivity index (χ0v) is 12.8. The van der Waals surface area contributed by atoms with Gasteiger partial charge in [-0.3, -0.25) is 14.9 Å². The van der Waals surface area contributed by atoms with Gasteiger partial charge in [-0.25, -0.2) is 0 Å². The lowest BCUT2D eigenvalue weighted by molar-refractivity contribution is -0.385. The largest absolute Gasteiger partial charge is 0.502 e. The number of nitro groups is 1. The first-order valence-electron chi connectivity index (χ1n) is 7.48. The minimum absolute atomic E-state index is 0.0892. The molecular weight excluding hydrogens is 322 g/mol. The van der Waals surface area contributed by atoms with Crippen molar-refractivity contribution in [2.75, 3.05) is 0 Å². The highest BCUT2D eigenvalue weighted by molar-refractivity contribution is 6.21. The molecule has 1 N–H and O–H groups in total. The molecule has 0 aromatic heterocycles. The molecule has 3 aromatic rings. The molecule has 0 atom stereocenters. The lowest BCUT2D eigenvalue weighted by atomic mass is 10.0. The van der Waals surface area contributed by atoms with Gasteiger partial charge in [-0.1, -0.05) is 36.4 Å². The van der Waals surface area contributed by atoms with Crippen molar-refractivity contribution >= 4 is 28.3 Å². The van der Waals surface area contributed by atoms with E-state index in [1.54, 1.807) is 6.07 Å². The van der Waals surface area contributed by atoms with Crippen molar-refractivity contribution in [3.63, 3.8) is 0 Å². The van der Waals surface area contributed by atoms with Gasteiger partial charge in [0.25, 0.3) is 0 Å². The Morgan fingerprint density at radius 2 is 1.88 bits per heavy atom. The Hall–Kier alpha value is -3.67. The molecule has 3 aromatic carbocycles. The quantitative estimate of drug-likeness (QED) is 0.434. The maximum atomic E-state index is 12.7. The summed E-state index contributed by atoms with van der Waals surface area (Å²) in [6, 6.07) is 15.0. The molecule has 0 saturated carbocycles. The van der Waals surface area contributed by atoms with Gasteiger partial charge in [-0.15, -0.1) is 0 Å². The van der Waals surface area contributed by atoms with E-state index in [0.717, 1.165) is 10.8 Å². The molecule has 25 heavy (non-hydrogen) atoms. The van der Waals surface area contributed by atoms with Gasteiger partial charge in [0.1, 0.15) is 5.75 Å². The number of rotatable bonds is 2. The van der Waals surface area contributed by atoms with Crippen LogP contribution in [0.5, 0.6) is 11.5 Å². The Morgan fingerprint density at radius 1 is 1.08 bits per heavy atom. The van der Waals surface area contributed by atoms with Gasteiger partial charge in [-0.2, -0.15) is 0 Å². The highest BCUT2D eigenvalue weighted by atomic mass is 16.6. The molecule has 6 nitrogen and oxygen atoms in total. The number of nitro benzene ring substituents is 1. The van der Waals surface area contributed by atoms with Crippen molar-refractivity contribution in [3.8, 4) is 11.5 Å². The fourth-order valence-electron chi connectivity index (χ4n) is 2.88. The van der Waals surface area contributed by atoms with Crippen molar-refractivity contribution in [3.05, 3.63) is 81.6 Å². The molecule has 1 heterocycles. The third-order valence-corrected chi connectivity index (χ3v) is 4.06. The number of carbonyl (C=O) groups excluding carboxylic acids is 1. The van der Waals surface area contributed by atoms with Crippen LogP contribution in [0.1, 0.15) is 15.9 Å². The number of hydrogen-bond donors (Lipinski definition) is 1. The molecule has 0 radical (unpaired) electrons. The molecule has 0 aliphatic carbocycles. The average Bonchev–Trinajstić information content (AvgIpc) is 2.92. The minimum atomic E-state index is -0.684. The van der Waals surface area contributed by atoms with Crippen LogP contribution in [-0.2, 0) is 0 Å². The predicted molar refractivity (Wildman–Crippen MR) is 91.6 cm³/mol. The van der Waals surface area contributed by atoms with Gasteiger partial charge in [0.15, 0.2) is 11.5 Å². The number of ether oxygens (including phenoxy) is 1. The molecule has 122 valence electrons. The summed E-state index contributed by atoms with van der Waals surface area (Å²) in [5, 5.41) is 22.2. The molecule has 4 rings (SSSR count). The van der Waals surface area contributed by atoms with Gasteiger partial charge in [-0.05, 0) is 34.5 Å². The zero-order chi connectivity index (χ0) is 17.6. The molecule has 0 bridgehead atoms. The van der Waals surface area contributed by atoms with Crippen molar-refractivity contribution in [2.45, 2.75) is 0 Å². The lowest BCUT2D eigenvalue weighted by Crippen LogP contribution is -1.99. The Morgan fingerprint density at radius 3 is 2.68 bits per heavy atom. The lowest BCUT2D eigenvalue weighted by Gasteiger charge is -2.01. The molecule has 1 aliphatic rings. The number of ketones is 1. The van der Waals surface area contributed by atoms with Crippen LogP contribution in [0.4, 0.5) is 5.69 Å². The number of hydrogen-bond acceptors (Lipinski definition) is 5. The summed E-state index contributed by atoms with van der Waals surface area (Å²) in [7, 11) is 0. The number of Topliss-reactive ketones (excluding diaryl/α,β-unsaturated/α-hetero) is 1. The summed E-state index contributed by atoms with van der Waals surface area (Å²) in [5.74, 6) is -0.155. The topological polar surface area (TPSA) is 89.7 Å². The maximum Gasteiger partial charge on any atom is 0.311 e. The fourth-order valence-corrected chi connectivity index (χ4v) is 2.88. The van der Waals surface area contributed by atoms with E-state index in [9.17, 15) is 20.0 Å². The first-order valence-corrected chi connectivity index (χ1v) is 7.48. The SMILES string of the molecule is O=C1C(=Cc2ccc(O)c([N+](=O)[O-])c2)Oc2ccc3ccccc3c21. The Bertz CT molecular complexity index is 1080. The summed E-state index contributed by atoms with van der Waals surface area (Å²) < 4.78 is 5.64. The van der Waals surface area contributed by atoms with Gasteiger partial charge in [0.05, 0.1) is 10.5 Å². The van der Waals surface area contributed by atoms with E-state index in [4.69, 9.17) is 4.74 Å². The van der Waals surface area contributed by atoms with Crippen LogP contribution < -0.4 is 4.74 Å². The van der Waals surface area contributed by atoms with Crippen molar-refractivity contribution in [1.29, 1.82) is 0 Å². The molecular formula is C19H11NO5. The molecule has 0 saturated heterocycles. The highest BCUT2D eigenvalue weighted by Crippen LogP contribution is 2.37. The minimum Gasteiger partial charge on any atom is -0.502 e. The van der Waals surface area contributed by atoms with Crippen molar-refractivity contribution in [1.82, 2.24) is 0 Å². The third-order valence-electron chi connectivity index (χ3n) is 4.06. The van der Waals surface area contributed by atoms with Crippen LogP contribution in [0.2, 0.25) is 0 Å². The van der Waals surface area contributed by atoms with E-state index in [1.807, 2.05) is 30.3 Å². The molecule has 1 aliphatic heterocycles. The van der Waals surface area contributed by atoms with E-state index >= 15 is 0 Å². The predicted octanol–water partition coefficient (Wildman–Crippen LogP) is 4.07. The zero-order valence-electron chi connectivity index (χ0n) is 12.8. The molecule has 0 fully saturated rings. The van der Waals surface area contributed by atoms with Crippen LogP contribution in [0.15, 0.2) is 60.4 Å². The molecule has 0 amide bonds. The number of allylic oxidation sites excluding steroid dienone is 1. The molecule has 6 heteroatoms. The van der Waals surface area contributed by atoms with Gasteiger partial charge in [0, 0.05) is 6.07 Å². The van der Waals surface area contributed by atoms with Crippen LogP contribution in [-0.4, -0.2) is 15.8 Å². The van der Waals surface area contributed by atoms with E-state index in [0.29, 0.717) is 16.9 Å². The summed E-state index contributed by atoms with van der Waals surface area (Å²) in [5.41, 5.74) is 0.449. The van der Waals surface area contributed by atoms with Crippen LogP contribution >= 0.6 is 0 Å². The van der Waals surface area contributed by atoms with Crippen LogP contribution in [0.25, 0.3) is 16.8 Å². The average molecular weight is 333 g/mol. The second-order valence-electron chi connectivity index (χ2n) is 5.60. The second-order valence-corrected chi connectivity index (χ2v) is 5.60. The smallest absolute Gasteiger partial charge is 0.311 e. The van der Waals surface area contributed by atoms with E-state index < -0.39 is 16.4 Å². The number of phenols is 1. The normalized spacial score (nSPS) is 14.6. The number of benzene rings is 3. The summed E-state index contributed by atoms with van der Waals surface area (Å²) in [6.07, 6.45) is 1.43. The van der Waals surface area contributed by atoms with Crippen molar-refractivity contribution < 1.29 is 19.6 Å². The number of carbonyl (C=O) groups is 1. The second kappa shape index (κ2) is 5.45. The number of nitrogens with zero attached hydrogens (tertiary/aromatic N) is 1. The van der Waals surface area contributed by atoms with E-state index in [-0.39, 0.29) is 11.5 Å². The van der Waals surface area contributed by atoms with Gasteiger partial charge in [0.2, 0.25) is 5.78 Å². The fraction of sp³-hybridized carbons (Fsp3) is 0. The first kappa shape index (κ1) is 14.9. The van der Waals surface area contributed by atoms with E-state index in [2.05, 4.69) is 0 Å². The maximum absolute atomic E-state index is 12.7. The summed E-state index contributed by atoms with van der Waals surface area (Å²) >= 11 is 0. The van der Waals surface area contributed by atoms with Gasteiger partial charge >= 0.3 is 5.69 Å². The Balaban J connectivity index is 1.80. The van der Waals surface area contributed by atoms with Crippen molar-refractivity contribution in [2.24, 2.45) is 0 Å². The highest BCUT2D eigenvalue weighted by Gasteiger charge is 2.29. The Labute approximate surface area is 141 Å². The number of phenolic OH excluding ortho intramolecular Hbond substituents is 1. The van der Waals surface area contributed by atoms with Gasteiger partial charge < -0.3 is 9.84 Å². The third kappa shape index (κ3) is 2.40. The number of aromatic hydroxyl groups is 1. The standard InChI is InChI=1S/C19H11NO5/c21-15-7-5-11(9-14(15)20(23)24)10-17-19(22)18-13-4-2-1-3-12(13)6-8-16(18)25-17/h1-10,21H. The first-order chi connectivity index (χ1) is 12.0. The molecule has 0 unspecified atom stereocenters. The van der Waals surface area contributed by atoms with Crippen LogP contribution in [0, 0.1) is 10.1 Å². The van der Waals surface area contributed by atoms with E-state index in [1.165, 1.54) is 24.3 Å². The monoisotopic (exact) mass is 333 g/mol.